The number of rotatable bonds is 6. The van der Waals surface area contributed by atoms with E-state index < -0.39 is 0 Å². The molecule has 0 amide bonds. The molecule has 7 rings (SSSR count). The Labute approximate surface area is 223 Å². The topological polar surface area (TPSA) is 57.4 Å². The van der Waals surface area contributed by atoms with Gasteiger partial charge in [0.15, 0.2) is 0 Å². The monoisotopic (exact) mass is 538 g/mol. The molecule has 0 spiro atoms. The van der Waals surface area contributed by atoms with Crippen LogP contribution in [0.4, 0.5) is 0 Å². The number of benzene rings is 1. The minimum Gasteiger partial charge on any atom is -0.337 e. The van der Waals surface area contributed by atoms with Gasteiger partial charge in [0, 0.05) is 54.9 Å². The maximum absolute atomic E-state index is 5.05. The number of H-pyrrole nitrogens is 2. The van der Waals surface area contributed by atoms with Crippen LogP contribution >= 0.6 is 45.3 Å². The van der Waals surface area contributed by atoms with E-state index in [0.29, 0.717) is 0 Å². The summed E-state index contributed by atoms with van der Waals surface area (Å²) in [5.41, 5.74) is 10.7. The Hall–Kier alpha value is -3.56. The normalized spacial score (nSPS) is 11.3. The Balaban J connectivity index is 1.33. The summed E-state index contributed by atoms with van der Waals surface area (Å²) < 4.78 is 0. The first kappa shape index (κ1) is 21.7. The maximum atomic E-state index is 5.05. The minimum absolute atomic E-state index is 0.849. The number of imidazole rings is 2. The molecule has 0 aliphatic heterocycles. The molecule has 4 nitrogen and oxygen atoms in total. The van der Waals surface area contributed by atoms with Crippen molar-refractivity contribution < 1.29 is 0 Å². The summed E-state index contributed by atoms with van der Waals surface area (Å²) in [5.74, 6) is 1.70. The van der Waals surface area contributed by atoms with E-state index in [0.717, 1.165) is 67.8 Å². The Morgan fingerprint density at radius 3 is 1.28 bits per heavy atom. The standard InChI is InChI=1S/C28H18N4S4/c1-2-17(27-29-23(19-4-8-33-13-19)24(30-27)20-5-9-34-14-20)12-18(3-1)28-31-25(21-6-10-35-15-21)26(32-28)22-7-11-36-16-22/h1-16H,(H,29,30)(H,31,32). The predicted molar refractivity (Wildman–Crippen MR) is 155 cm³/mol. The second-order valence-corrected chi connectivity index (χ2v) is 11.4. The molecular weight excluding hydrogens is 521 g/mol. The van der Waals surface area contributed by atoms with E-state index in [-0.39, 0.29) is 0 Å². The van der Waals surface area contributed by atoms with Crippen molar-refractivity contribution in [2.24, 2.45) is 0 Å². The Morgan fingerprint density at radius 2 is 0.889 bits per heavy atom. The van der Waals surface area contributed by atoms with Crippen LogP contribution in [-0.2, 0) is 0 Å². The Kier molecular flexibility index (Phi) is 5.51. The van der Waals surface area contributed by atoms with Crippen LogP contribution in [0.3, 0.4) is 0 Å². The lowest BCUT2D eigenvalue weighted by Gasteiger charge is -2.01. The fraction of sp³-hybridized carbons (Fsp3) is 0. The van der Waals surface area contributed by atoms with Crippen molar-refractivity contribution in [1.29, 1.82) is 0 Å². The number of aromatic amines is 2. The van der Waals surface area contributed by atoms with E-state index in [4.69, 9.17) is 9.97 Å². The average molecular weight is 539 g/mol. The number of nitrogens with one attached hydrogen (secondary N) is 2. The van der Waals surface area contributed by atoms with Gasteiger partial charge < -0.3 is 9.97 Å². The molecule has 8 heteroatoms. The number of nitrogens with zero attached hydrogens (tertiary/aromatic N) is 2. The summed E-state index contributed by atoms with van der Waals surface area (Å²) in [7, 11) is 0. The molecule has 0 atom stereocenters. The van der Waals surface area contributed by atoms with E-state index in [1.807, 2.05) is 0 Å². The van der Waals surface area contributed by atoms with Gasteiger partial charge in [0.25, 0.3) is 0 Å². The predicted octanol–water partition coefficient (Wildman–Crippen LogP) is 9.38. The quantitative estimate of drug-likeness (QED) is 0.222. The largest absolute Gasteiger partial charge is 0.337 e. The zero-order valence-electron chi connectivity index (χ0n) is 18.8. The zero-order chi connectivity index (χ0) is 23.9. The number of thiophene rings is 4. The van der Waals surface area contributed by atoms with Gasteiger partial charge in [-0.1, -0.05) is 18.2 Å². The fourth-order valence-corrected chi connectivity index (χ4v) is 6.86. The highest BCUT2D eigenvalue weighted by molar-refractivity contribution is 7.09. The van der Waals surface area contributed by atoms with Crippen molar-refractivity contribution in [1.82, 2.24) is 19.9 Å². The highest BCUT2D eigenvalue weighted by Crippen LogP contribution is 2.37. The van der Waals surface area contributed by atoms with Crippen LogP contribution in [-0.4, -0.2) is 19.9 Å². The molecule has 0 fully saturated rings. The summed E-state index contributed by atoms with van der Waals surface area (Å²) in [4.78, 5) is 17.3. The molecule has 0 unspecified atom stereocenters. The Morgan fingerprint density at radius 1 is 0.472 bits per heavy atom. The van der Waals surface area contributed by atoms with Crippen molar-refractivity contribution >= 4 is 45.3 Å². The molecule has 0 saturated heterocycles. The van der Waals surface area contributed by atoms with Crippen LogP contribution in [0.2, 0.25) is 0 Å². The highest BCUT2D eigenvalue weighted by Gasteiger charge is 2.19. The van der Waals surface area contributed by atoms with Gasteiger partial charge in [-0.05, 0) is 51.9 Å². The van der Waals surface area contributed by atoms with Crippen LogP contribution in [0.5, 0.6) is 0 Å². The van der Waals surface area contributed by atoms with Gasteiger partial charge in [-0.25, -0.2) is 9.97 Å². The Bertz CT molecular complexity index is 1490. The molecular formula is C28H18N4S4. The third-order valence-corrected chi connectivity index (χ3v) is 8.76. The smallest absolute Gasteiger partial charge is 0.138 e. The van der Waals surface area contributed by atoms with Gasteiger partial charge in [0.1, 0.15) is 11.6 Å². The first-order valence-corrected chi connectivity index (χ1v) is 15.0. The number of hydrogen-bond acceptors (Lipinski definition) is 6. The van der Waals surface area contributed by atoms with Crippen molar-refractivity contribution in [2.75, 3.05) is 0 Å². The van der Waals surface area contributed by atoms with Crippen molar-refractivity contribution in [2.45, 2.75) is 0 Å². The average Bonchev–Trinajstić information content (AvgIpc) is 3.74. The van der Waals surface area contributed by atoms with Gasteiger partial charge in [-0.3, -0.25) is 0 Å². The molecule has 0 aliphatic rings. The molecule has 36 heavy (non-hydrogen) atoms. The molecule has 7 aromatic rings. The summed E-state index contributed by atoms with van der Waals surface area (Å²) in [5, 5.41) is 17.0. The summed E-state index contributed by atoms with van der Waals surface area (Å²) >= 11 is 6.75. The van der Waals surface area contributed by atoms with Crippen LogP contribution < -0.4 is 0 Å². The first-order valence-electron chi connectivity index (χ1n) is 11.2. The molecule has 6 aromatic heterocycles. The fourth-order valence-electron chi connectivity index (χ4n) is 4.28. The van der Waals surface area contributed by atoms with Crippen molar-refractivity contribution in [3.05, 3.63) is 91.6 Å². The van der Waals surface area contributed by atoms with Gasteiger partial charge in [-0.2, -0.15) is 45.3 Å². The lowest BCUT2D eigenvalue weighted by molar-refractivity contribution is 1.29. The van der Waals surface area contributed by atoms with Gasteiger partial charge in [0.2, 0.25) is 0 Å². The van der Waals surface area contributed by atoms with E-state index in [9.17, 15) is 0 Å². The van der Waals surface area contributed by atoms with E-state index >= 15 is 0 Å². The van der Waals surface area contributed by atoms with Crippen molar-refractivity contribution in [3.63, 3.8) is 0 Å². The van der Waals surface area contributed by atoms with Gasteiger partial charge in [-0.15, -0.1) is 0 Å². The zero-order valence-corrected chi connectivity index (χ0v) is 22.0. The van der Waals surface area contributed by atoms with E-state index in [1.54, 1.807) is 45.3 Å². The lowest BCUT2D eigenvalue weighted by Crippen LogP contribution is -1.85. The molecule has 0 radical (unpaired) electrons. The lowest BCUT2D eigenvalue weighted by atomic mass is 10.1. The number of hydrogen-bond donors (Lipinski definition) is 2. The second-order valence-electron chi connectivity index (χ2n) is 8.25. The SMILES string of the molecule is c1cc(-c2nc(-c3ccsc3)c(-c3ccsc3)[nH]2)cc(-c2nc(-c3ccsc3)c(-c3ccsc3)[nH]2)c1. The van der Waals surface area contributed by atoms with Crippen LogP contribution in [0, 0.1) is 0 Å². The molecule has 0 saturated carbocycles. The molecule has 2 N–H and O–H groups in total. The molecule has 0 bridgehead atoms. The first-order chi connectivity index (χ1) is 17.8. The summed E-state index contributed by atoms with van der Waals surface area (Å²) in [6.45, 7) is 0. The third kappa shape index (κ3) is 3.88. The van der Waals surface area contributed by atoms with Crippen molar-refractivity contribution in [3.8, 4) is 67.8 Å². The molecule has 0 aliphatic carbocycles. The van der Waals surface area contributed by atoms with E-state index in [1.165, 1.54) is 0 Å². The highest BCUT2D eigenvalue weighted by atomic mass is 32.1. The summed E-state index contributed by atoms with van der Waals surface area (Å²) in [6.07, 6.45) is 0. The van der Waals surface area contributed by atoms with Crippen LogP contribution in [0.1, 0.15) is 0 Å². The van der Waals surface area contributed by atoms with Gasteiger partial charge >= 0.3 is 0 Å². The third-order valence-electron chi connectivity index (χ3n) is 6.03. The van der Waals surface area contributed by atoms with Crippen LogP contribution in [0.15, 0.2) is 91.6 Å². The van der Waals surface area contributed by atoms with E-state index in [2.05, 4.69) is 102 Å². The molecule has 1 aromatic carbocycles. The minimum atomic E-state index is 0.849. The van der Waals surface area contributed by atoms with Gasteiger partial charge in [0.05, 0.1) is 22.8 Å². The molecule has 6 heterocycles. The number of aromatic nitrogens is 4. The summed E-state index contributed by atoms with van der Waals surface area (Å²) in [6, 6.07) is 16.9. The second kappa shape index (κ2) is 9.15. The molecule has 174 valence electrons. The maximum Gasteiger partial charge on any atom is 0.138 e. The van der Waals surface area contributed by atoms with Crippen LogP contribution in [0.25, 0.3) is 67.8 Å².